The van der Waals surface area contributed by atoms with Gasteiger partial charge in [-0.05, 0) is 29.5 Å². The van der Waals surface area contributed by atoms with Crippen molar-refractivity contribution in [1.82, 2.24) is 4.98 Å². The van der Waals surface area contributed by atoms with E-state index in [0.29, 0.717) is 16.8 Å². The van der Waals surface area contributed by atoms with Crippen molar-refractivity contribution in [3.63, 3.8) is 0 Å². The van der Waals surface area contributed by atoms with E-state index < -0.39 is 0 Å². The molecule has 0 radical (unpaired) electrons. The summed E-state index contributed by atoms with van der Waals surface area (Å²) in [6.45, 7) is 4.42. The van der Waals surface area contributed by atoms with Crippen LogP contribution in [-0.2, 0) is 6.42 Å². The van der Waals surface area contributed by atoms with E-state index in [2.05, 4.69) is 31.0 Å². The second-order valence-electron chi connectivity index (χ2n) is 4.88. The number of rotatable bonds is 3. The molecule has 0 spiro atoms. The summed E-state index contributed by atoms with van der Waals surface area (Å²) in [5, 5.41) is 0.605. The smallest absolute Gasteiger partial charge is 0.131 e. The van der Waals surface area contributed by atoms with Crippen LogP contribution in [-0.4, -0.2) is 4.98 Å². The van der Waals surface area contributed by atoms with Gasteiger partial charge in [-0.15, -0.1) is 0 Å². The predicted octanol–water partition coefficient (Wildman–Crippen LogP) is 4.18. The minimum Gasteiger partial charge on any atom is -0.383 e. The first-order valence-corrected chi connectivity index (χ1v) is 6.44. The molecule has 0 amide bonds. The van der Waals surface area contributed by atoms with Crippen molar-refractivity contribution in [3.05, 3.63) is 47.1 Å². The lowest BCUT2D eigenvalue weighted by molar-refractivity contribution is 0.647. The van der Waals surface area contributed by atoms with E-state index in [1.807, 2.05) is 18.2 Å². The van der Waals surface area contributed by atoms with Crippen LogP contribution in [0.2, 0.25) is 5.02 Å². The minimum absolute atomic E-state index is 0.515. The van der Waals surface area contributed by atoms with Gasteiger partial charge in [-0.2, -0.15) is 0 Å². The summed E-state index contributed by atoms with van der Waals surface area (Å²) >= 11 is 5.97. The summed E-state index contributed by atoms with van der Waals surface area (Å²) in [7, 11) is 0. The van der Waals surface area contributed by atoms with E-state index in [0.717, 1.165) is 17.5 Å². The third-order valence-corrected chi connectivity index (χ3v) is 2.97. The van der Waals surface area contributed by atoms with E-state index in [-0.39, 0.29) is 0 Å². The van der Waals surface area contributed by atoms with Crippen LogP contribution in [0, 0.1) is 5.92 Å². The Kier molecular flexibility index (Phi) is 3.87. The van der Waals surface area contributed by atoms with Crippen molar-refractivity contribution < 1.29 is 0 Å². The van der Waals surface area contributed by atoms with E-state index in [9.17, 15) is 0 Å². The van der Waals surface area contributed by atoms with Crippen molar-refractivity contribution in [3.8, 4) is 11.1 Å². The normalized spacial score (nSPS) is 10.9. The van der Waals surface area contributed by atoms with Gasteiger partial charge in [0.15, 0.2) is 0 Å². The maximum atomic E-state index is 5.97. The number of benzene rings is 1. The molecule has 0 aliphatic rings. The standard InChI is InChI=1S/C15H17ClN2/c1-10(2)6-11-4-3-5-12(7-11)14-8-13(16)9-18-15(14)17/h3-5,7-10H,6H2,1-2H3,(H2,17,18). The zero-order valence-electron chi connectivity index (χ0n) is 10.7. The SMILES string of the molecule is CC(C)Cc1cccc(-c2cc(Cl)cnc2N)c1. The van der Waals surface area contributed by atoms with Crippen LogP contribution in [0.4, 0.5) is 5.82 Å². The van der Waals surface area contributed by atoms with Crippen molar-refractivity contribution in [1.29, 1.82) is 0 Å². The highest BCUT2D eigenvalue weighted by atomic mass is 35.5. The molecular weight excluding hydrogens is 244 g/mol. The molecule has 0 atom stereocenters. The third kappa shape index (κ3) is 3.02. The van der Waals surface area contributed by atoms with Crippen LogP contribution in [0.5, 0.6) is 0 Å². The molecule has 0 aliphatic carbocycles. The summed E-state index contributed by atoms with van der Waals surface area (Å²) in [6, 6.07) is 10.2. The van der Waals surface area contributed by atoms with E-state index in [4.69, 9.17) is 17.3 Å². The van der Waals surface area contributed by atoms with Crippen LogP contribution in [0.1, 0.15) is 19.4 Å². The lowest BCUT2D eigenvalue weighted by Gasteiger charge is -2.09. The van der Waals surface area contributed by atoms with Gasteiger partial charge in [-0.3, -0.25) is 0 Å². The summed E-state index contributed by atoms with van der Waals surface area (Å²) in [5.74, 6) is 1.15. The number of hydrogen-bond donors (Lipinski definition) is 1. The first-order chi connectivity index (χ1) is 8.56. The summed E-state index contributed by atoms with van der Waals surface area (Å²) in [4.78, 5) is 4.09. The van der Waals surface area contributed by atoms with Gasteiger partial charge in [-0.1, -0.05) is 49.7 Å². The Balaban J connectivity index is 2.41. The zero-order valence-corrected chi connectivity index (χ0v) is 11.4. The number of halogens is 1. The molecule has 1 aromatic carbocycles. The molecule has 2 N–H and O–H groups in total. The molecule has 2 rings (SSSR count). The van der Waals surface area contributed by atoms with Gasteiger partial charge < -0.3 is 5.73 Å². The average molecular weight is 261 g/mol. The van der Waals surface area contributed by atoms with Gasteiger partial charge in [-0.25, -0.2) is 4.98 Å². The molecule has 0 aliphatic heterocycles. The highest BCUT2D eigenvalue weighted by Gasteiger charge is 2.06. The van der Waals surface area contributed by atoms with Crippen LogP contribution < -0.4 is 5.73 Å². The van der Waals surface area contributed by atoms with E-state index in [1.165, 1.54) is 5.56 Å². The molecule has 0 fully saturated rings. The Morgan fingerprint density at radius 3 is 2.78 bits per heavy atom. The van der Waals surface area contributed by atoms with Gasteiger partial charge in [0.05, 0.1) is 5.02 Å². The fourth-order valence-corrected chi connectivity index (χ4v) is 2.18. The minimum atomic E-state index is 0.515. The van der Waals surface area contributed by atoms with Gasteiger partial charge in [0.2, 0.25) is 0 Å². The van der Waals surface area contributed by atoms with Crippen LogP contribution in [0.3, 0.4) is 0 Å². The Bertz CT molecular complexity index is 550. The second kappa shape index (κ2) is 5.40. The number of nitrogens with two attached hydrogens (primary N) is 1. The van der Waals surface area contributed by atoms with Gasteiger partial charge >= 0.3 is 0 Å². The number of anilines is 1. The van der Waals surface area contributed by atoms with Crippen molar-refractivity contribution in [2.45, 2.75) is 20.3 Å². The number of nitrogens with zero attached hydrogens (tertiary/aromatic N) is 1. The largest absolute Gasteiger partial charge is 0.383 e. The number of pyridine rings is 1. The Labute approximate surface area is 113 Å². The lowest BCUT2D eigenvalue weighted by Crippen LogP contribution is -1.96. The van der Waals surface area contributed by atoms with Crippen LogP contribution >= 0.6 is 11.6 Å². The highest BCUT2D eigenvalue weighted by Crippen LogP contribution is 2.28. The molecule has 94 valence electrons. The number of hydrogen-bond acceptors (Lipinski definition) is 2. The second-order valence-corrected chi connectivity index (χ2v) is 5.32. The van der Waals surface area contributed by atoms with E-state index in [1.54, 1.807) is 6.20 Å². The first-order valence-electron chi connectivity index (χ1n) is 6.06. The maximum absolute atomic E-state index is 5.97. The third-order valence-electron chi connectivity index (χ3n) is 2.77. The quantitative estimate of drug-likeness (QED) is 0.899. The zero-order chi connectivity index (χ0) is 13.1. The van der Waals surface area contributed by atoms with E-state index >= 15 is 0 Å². The lowest BCUT2D eigenvalue weighted by atomic mass is 9.98. The van der Waals surface area contributed by atoms with Crippen molar-refractivity contribution in [2.75, 3.05) is 5.73 Å². The summed E-state index contributed by atoms with van der Waals surface area (Å²) < 4.78 is 0. The molecule has 1 heterocycles. The fourth-order valence-electron chi connectivity index (χ4n) is 2.02. The van der Waals surface area contributed by atoms with Crippen LogP contribution in [0.25, 0.3) is 11.1 Å². The van der Waals surface area contributed by atoms with Crippen LogP contribution in [0.15, 0.2) is 36.5 Å². The summed E-state index contributed by atoms with van der Waals surface area (Å²) in [5.41, 5.74) is 9.18. The van der Waals surface area contributed by atoms with Crippen molar-refractivity contribution >= 4 is 17.4 Å². The molecule has 1 aromatic heterocycles. The Morgan fingerprint density at radius 1 is 1.28 bits per heavy atom. The topological polar surface area (TPSA) is 38.9 Å². The predicted molar refractivity (Wildman–Crippen MR) is 77.6 cm³/mol. The van der Waals surface area contributed by atoms with Gasteiger partial charge in [0.25, 0.3) is 0 Å². The maximum Gasteiger partial charge on any atom is 0.131 e. The van der Waals surface area contributed by atoms with Gasteiger partial charge in [0.1, 0.15) is 5.82 Å². The molecule has 3 heteroatoms. The summed E-state index contributed by atoms with van der Waals surface area (Å²) in [6.07, 6.45) is 2.63. The molecule has 0 bridgehead atoms. The fraction of sp³-hybridized carbons (Fsp3) is 0.267. The molecular formula is C15H17ClN2. The monoisotopic (exact) mass is 260 g/mol. The molecule has 2 aromatic rings. The first kappa shape index (κ1) is 12.9. The van der Waals surface area contributed by atoms with Gasteiger partial charge in [0, 0.05) is 11.8 Å². The average Bonchev–Trinajstić information content (AvgIpc) is 2.32. The molecule has 0 unspecified atom stereocenters. The molecule has 0 saturated heterocycles. The molecule has 2 nitrogen and oxygen atoms in total. The molecule has 18 heavy (non-hydrogen) atoms. The number of nitrogen functional groups attached to an aromatic ring is 1. The number of aromatic nitrogens is 1. The van der Waals surface area contributed by atoms with Crippen molar-refractivity contribution in [2.24, 2.45) is 5.92 Å². The Morgan fingerprint density at radius 2 is 2.06 bits per heavy atom. The molecule has 0 saturated carbocycles. The Hall–Kier alpha value is -1.54. The highest BCUT2D eigenvalue weighted by molar-refractivity contribution is 6.30.